The van der Waals surface area contributed by atoms with E-state index in [1.54, 1.807) is 24.3 Å². The number of halogens is 8. The van der Waals surface area contributed by atoms with E-state index >= 15 is 0 Å². The quantitative estimate of drug-likeness (QED) is 0.225. The zero-order valence-electron chi connectivity index (χ0n) is 20.0. The summed E-state index contributed by atoms with van der Waals surface area (Å²) in [6.45, 7) is 3.03. The van der Waals surface area contributed by atoms with Gasteiger partial charge in [-0.2, -0.15) is 26.3 Å². The molecule has 3 rings (SSSR count). The summed E-state index contributed by atoms with van der Waals surface area (Å²) in [6, 6.07) is 11.9. The molecule has 0 heterocycles. The summed E-state index contributed by atoms with van der Waals surface area (Å²) in [4.78, 5) is 1.33. The Labute approximate surface area is 225 Å². The molecule has 0 bridgehead atoms. The number of aromatic hydroxyl groups is 1. The number of alkyl halides is 6. The summed E-state index contributed by atoms with van der Waals surface area (Å²) < 4.78 is 85.1. The highest BCUT2D eigenvalue weighted by Gasteiger charge is 2.33. The molecule has 0 aliphatic rings. The van der Waals surface area contributed by atoms with E-state index in [0.29, 0.717) is 16.7 Å². The number of benzene rings is 3. The molecule has 0 atom stereocenters. The van der Waals surface area contributed by atoms with Crippen LogP contribution in [0.4, 0.5) is 26.3 Å². The minimum Gasteiger partial charge on any atom is -0.506 e. The van der Waals surface area contributed by atoms with Gasteiger partial charge in [0.25, 0.3) is 0 Å². The average Bonchev–Trinajstić information content (AvgIpc) is 2.81. The molecule has 0 unspecified atom stereocenters. The van der Waals surface area contributed by atoms with Crippen LogP contribution in [-0.2, 0) is 12.8 Å². The Bertz CT molecular complexity index is 1360. The molecule has 0 radical (unpaired) electrons. The molecule has 0 aliphatic heterocycles. The van der Waals surface area contributed by atoms with E-state index in [-0.39, 0.29) is 39.8 Å². The Morgan fingerprint density at radius 3 is 2.13 bits per heavy atom. The van der Waals surface area contributed by atoms with Crippen LogP contribution < -0.4 is 4.74 Å². The highest BCUT2D eigenvalue weighted by molar-refractivity contribution is 6.33. The first kappa shape index (κ1) is 29.3. The minimum absolute atomic E-state index is 0.0114. The lowest BCUT2D eigenvalue weighted by atomic mass is 9.96. The van der Waals surface area contributed by atoms with Crippen molar-refractivity contribution < 1.29 is 36.2 Å². The fourth-order valence-electron chi connectivity index (χ4n) is 3.49. The molecule has 38 heavy (non-hydrogen) atoms. The summed E-state index contributed by atoms with van der Waals surface area (Å²) in [5.74, 6) is -0.509. The molecule has 0 aromatic heterocycles. The molecule has 3 nitrogen and oxygen atoms in total. The maximum atomic E-state index is 13.2. The van der Waals surface area contributed by atoms with E-state index in [2.05, 4.69) is 6.58 Å². The van der Waals surface area contributed by atoms with Gasteiger partial charge in [-0.1, -0.05) is 48.0 Å². The maximum Gasteiger partial charge on any atom is 0.416 e. The average molecular weight is 576 g/mol. The zero-order valence-corrected chi connectivity index (χ0v) is 21.5. The van der Waals surface area contributed by atoms with Crippen molar-refractivity contribution >= 4 is 28.9 Å². The van der Waals surface area contributed by atoms with E-state index in [9.17, 15) is 31.4 Å². The predicted octanol–water partition coefficient (Wildman–Crippen LogP) is 8.98. The van der Waals surface area contributed by atoms with Gasteiger partial charge in [0.15, 0.2) is 0 Å². The van der Waals surface area contributed by atoms with Crippen LogP contribution in [0.25, 0.3) is 16.8 Å². The molecule has 202 valence electrons. The van der Waals surface area contributed by atoms with E-state index < -0.39 is 29.2 Å². The molecule has 0 amide bonds. The lowest BCUT2D eigenvalue weighted by Crippen LogP contribution is -2.14. The molecule has 3 aromatic carbocycles. The third-order valence-electron chi connectivity index (χ3n) is 5.45. The summed E-state index contributed by atoms with van der Waals surface area (Å²) in [5, 5.41) is 11.4. The second kappa shape index (κ2) is 11.2. The van der Waals surface area contributed by atoms with E-state index in [0.717, 1.165) is 18.2 Å². The van der Waals surface area contributed by atoms with Crippen LogP contribution in [-0.4, -0.2) is 30.3 Å². The zero-order chi connectivity index (χ0) is 28.4. The Hall–Kier alpha value is -3.30. The number of phenols is 1. The van der Waals surface area contributed by atoms with Crippen molar-refractivity contribution in [1.29, 1.82) is 0 Å². The molecule has 1 N–H and O–H groups in total. The van der Waals surface area contributed by atoms with Crippen molar-refractivity contribution in [3.63, 3.8) is 0 Å². The van der Waals surface area contributed by atoms with Gasteiger partial charge in [0.1, 0.15) is 18.1 Å². The van der Waals surface area contributed by atoms with E-state index in [1.165, 1.54) is 31.1 Å². The third kappa shape index (κ3) is 6.76. The highest BCUT2D eigenvalue weighted by Crippen LogP contribution is 2.47. The topological polar surface area (TPSA) is 32.7 Å². The largest absolute Gasteiger partial charge is 0.506 e. The molecule has 0 spiro atoms. The first-order chi connectivity index (χ1) is 17.6. The summed E-state index contributed by atoms with van der Waals surface area (Å²) in [5.41, 5.74) is -1.71. The fraction of sp³-hybridized carbons (Fsp3) is 0.185. The van der Waals surface area contributed by atoms with Crippen LogP contribution in [0, 0.1) is 0 Å². The van der Waals surface area contributed by atoms with Crippen LogP contribution in [0.2, 0.25) is 10.0 Å². The molecule has 0 aliphatic carbocycles. The Kier molecular flexibility index (Phi) is 8.63. The maximum absolute atomic E-state index is 13.2. The molecule has 3 aromatic rings. The number of hydrogen-bond acceptors (Lipinski definition) is 3. The number of nitrogens with zero attached hydrogens (tertiary/aromatic N) is 1. The number of allylic oxidation sites excluding steroid dienone is 2. The van der Waals surface area contributed by atoms with Crippen molar-refractivity contribution in [3.8, 4) is 22.6 Å². The lowest BCUT2D eigenvalue weighted by Gasteiger charge is -2.23. The molecule has 11 heteroatoms. The predicted molar refractivity (Wildman–Crippen MR) is 136 cm³/mol. The summed E-state index contributed by atoms with van der Waals surface area (Å²) >= 11 is 12.1. The minimum atomic E-state index is -4.72. The smallest absolute Gasteiger partial charge is 0.416 e. The van der Waals surface area contributed by atoms with Crippen LogP contribution in [0.5, 0.6) is 11.5 Å². The standard InChI is InChI=1S/C27H21Cl2F6NO2/c1-15(26(30,31)32)12-22(36(2)3)20-10-11-23(38-14-16-4-7-18(28)8-5-16)24(25(20)37)19-9-6-17(13-21(19)29)27(33,34)35/h4-13,37H,1,14H2,2-3H3/b22-12-. The molecule has 0 saturated carbocycles. The Morgan fingerprint density at radius 2 is 1.61 bits per heavy atom. The SMILES string of the molecule is C=C(/C=C(/c1ccc(OCc2ccc(Cl)cc2)c(-c2ccc(C(F)(F)F)cc2Cl)c1O)N(C)C)C(F)(F)F. The Morgan fingerprint density at radius 1 is 0.974 bits per heavy atom. The van der Waals surface area contributed by atoms with Crippen LogP contribution >= 0.6 is 23.2 Å². The summed E-state index contributed by atoms with van der Waals surface area (Å²) in [6.07, 6.45) is -8.64. The Balaban J connectivity index is 2.20. The van der Waals surface area contributed by atoms with Gasteiger partial charge in [-0.05, 0) is 48.0 Å². The van der Waals surface area contributed by atoms with E-state index in [1.807, 2.05) is 0 Å². The van der Waals surface area contributed by atoms with E-state index in [4.69, 9.17) is 27.9 Å². The van der Waals surface area contributed by atoms with Gasteiger partial charge >= 0.3 is 12.4 Å². The first-order valence-electron chi connectivity index (χ1n) is 10.9. The van der Waals surface area contributed by atoms with Crippen molar-refractivity contribution in [2.24, 2.45) is 0 Å². The van der Waals surface area contributed by atoms with Crippen molar-refractivity contribution in [3.05, 3.63) is 99.6 Å². The lowest BCUT2D eigenvalue weighted by molar-refractivity contribution is -0.137. The van der Waals surface area contributed by atoms with Crippen molar-refractivity contribution in [1.82, 2.24) is 4.90 Å². The van der Waals surface area contributed by atoms with Crippen LogP contribution in [0.1, 0.15) is 16.7 Å². The van der Waals surface area contributed by atoms with Crippen molar-refractivity contribution in [2.45, 2.75) is 19.0 Å². The van der Waals surface area contributed by atoms with Crippen LogP contribution in [0.3, 0.4) is 0 Å². The van der Waals surface area contributed by atoms with Crippen molar-refractivity contribution in [2.75, 3.05) is 14.1 Å². The summed E-state index contributed by atoms with van der Waals surface area (Å²) in [7, 11) is 2.93. The fourth-order valence-corrected chi connectivity index (χ4v) is 3.89. The van der Waals surface area contributed by atoms with Gasteiger partial charge in [0.05, 0.1) is 16.7 Å². The van der Waals surface area contributed by atoms with Gasteiger partial charge in [-0.25, -0.2) is 0 Å². The van der Waals surface area contributed by atoms with Gasteiger partial charge in [-0.15, -0.1) is 0 Å². The van der Waals surface area contributed by atoms with Gasteiger partial charge in [-0.3, -0.25) is 0 Å². The molecular formula is C27H21Cl2F6NO2. The molecule has 0 saturated heterocycles. The third-order valence-corrected chi connectivity index (χ3v) is 6.01. The highest BCUT2D eigenvalue weighted by atomic mass is 35.5. The monoisotopic (exact) mass is 575 g/mol. The molecule has 0 fully saturated rings. The van der Waals surface area contributed by atoms with Gasteiger partial charge in [0.2, 0.25) is 0 Å². The van der Waals surface area contributed by atoms with Crippen LogP contribution in [0.15, 0.2) is 72.8 Å². The first-order valence-corrected chi connectivity index (χ1v) is 11.6. The second-order valence-corrected chi connectivity index (χ2v) is 9.23. The van der Waals surface area contributed by atoms with Gasteiger partial charge < -0.3 is 14.7 Å². The van der Waals surface area contributed by atoms with Gasteiger partial charge in [0, 0.05) is 41.0 Å². The second-order valence-electron chi connectivity index (χ2n) is 8.39. The molecular weight excluding hydrogens is 555 g/mol. The number of phenolic OH excluding ortho intramolecular Hbond substituents is 1. The normalized spacial score (nSPS) is 12.4. The number of rotatable bonds is 7. The number of ether oxygens (including phenoxy) is 1. The number of hydrogen-bond donors (Lipinski definition) is 1.